The highest BCUT2D eigenvalue weighted by Crippen LogP contribution is 2.38. The molecule has 3 aromatic rings. The summed E-state index contributed by atoms with van der Waals surface area (Å²) in [5, 5.41) is 0.0694. The number of rotatable bonds is 6. The van der Waals surface area contributed by atoms with Crippen LogP contribution in [0.25, 0.3) is 6.08 Å². The van der Waals surface area contributed by atoms with Gasteiger partial charge in [0.25, 0.3) is 11.1 Å². The first-order valence-corrected chi connectivity index (χ1v) is 14.1. The Morgan fingerprint density at radius 1 is 1.03 bits per heavy atom. The van der Waals surface area contributed by atoms with Gasteiger partial charge in [0.2, 0.25) is 5.91 Å². The average molecular weight is 632 g/mol. The smallest absolute Gasteiger partial charge is 0.294 e. The van der Waals surface area contributed by atoms with Crippen LogP contribution >= 0.6 is 50.9 Å². The van der Waals surface area contributed by atoms with Crippen molar-refractivity contribution in [2.45, 2.75) is 19.6 Å². The molecule has 0 aromatic heterocycles. The number of hydrogen-bond acceptors (Lipinski definition) is 5. The minimum absolute atomic E-state index is 0.197. The summed E-state index contributed by atoms with van der Waals surface area (Å²) in [6.45, 7) is 1.000. The molecule has 0 bridgehead atoms. The molecule has 38 heavy (non-hydrogen) atoms. The van der Waals surface area contributed by atoms with Gasteiger partial charge in [0.15, 0.2) is 5.75 Å². The molecule has 1 saturated heterocycles. The number of fused-ring (bicyclic) bond motifs is 1. The number of carbonyl (C=O) groups is 3. The van der Waals surface area contributed by atoms with Crippen molar-refractivity contribution in [2.24, 2.45) is 0 Å². The lowest BCUT2D eigenvalue weighted by Crippen LogP contribution is -2.44. The van der Waals surface area contributed by atoms with Crippen LogP contribution in [0.3, 0.4) is 0 Å². The quantitative estimate of drug-likeness (QED) is 0.275. The predicted octanol–water partition coefficient (Wildman–Crippen LogP) is 6.96. The summed E-state index contributed by atoms with van der Waals surface area (Å²) in [7, 11) is 0. The van der Waals surface area contributed by atoms with E-state index in [9.17, 15) is 14.4 Å². The van der Waals surface area contributed by atoms with E-state index in [1.54, 1.807) is 23.1 Å². The molecule has 1 fully saturated rings. The monoisotopic (exact) mass is 630 g/mol. The normalized spacial score (nSPS) is 16.2. The van der Waals surface area contributed by atoms with Gasteiger partial charge < -0.3 is 9.64 Å². The zero-order valence-corrected chi connectivity index (χ0v) is 23.9. The third-order valence-corrected chi connectivity index (χ3v) is 8.26. The standard InChI is InChI=1S/C28H21BrCl2N2O4S/c29-21-7-5-17(6-8-21)16-37-26-22(30)11-18(12-23(26)31)13-24-27(35)33(28(36)38-24)15-25(34)32-10-9-19-3-1-2-4-20(19)14-32/h1-8,11-13H,9-10,14-16H2/b24-13-. The summed E-state index contributed by atoms with van der Waals surface area (Å²) >= 11 is 17.0. The SMILES string of the molecule is O=C(CN1C(=O)S/C(=C\c2cc(Cl)c(OCc3ccc(Br)cc3)c(Cl)c2)C1=O)N1CCc2ccccc2C1. The zero-order valence-electron chi connectivity index (χ0n) is 20.0. The maximum atomic E-state index is 13.0. The van der Waals surface area contributed by atoms with E-state index in [1.165, 1.54) is 5.56 Å². The molecule has 2 heterocycles. The molecule has 0 radical (unpaired) electrons. The van der Waals surface area contributed by atoms with E-state index in [1.807, 2.05) is 42.5 Å². The molecule has 2 aliphatic rings. The summed E-state index contributed by atoms with van der Waals surface area (Å²) in [5.41, 5.74) is 3.79. The first-order valence-electron chi connectivity index (χ1n) is 11.7. The van der Waals surface area contributed by atoms with Crippen LogP contribution in [0.15, 0.2) is 70.0 Å². The van der Waals surface area contributed by atoms with Crippen molar-refractivity contribution in [2.75, 3.05) is 13.1 Å². The molecular weight excluding hydrogens is 611 g/mol. The molecule has 2 aliphatic heterocycles. The number of benzene rings is 3. The van der Waals surface area contributed by atoms with Crippen molar-refractivity contribution in [3.05, 3.63) is 102 Å². The van der Waals surface area contributed by atoms with Gasteiger partial charge in [-0.15, -0.1) is 0 Å². The summed E-state index contributed by atoms with van der Waals surface area (Å²) in [5.74, 6) is -0.454. The van der Waals surface area contributed by atoms with E-state index < -0.39 is 11.1 Å². The molecule has 0 unspecified atom stereocenters. The number of ether oxygens (including phenoxy) is 1. The lowest BCUT2D eigenvalue weighted by Gasteiger charge is -2.29. The second-order valence-corrected chi connectivity index (χ2v) is 11.6. The Kier molecular flexibility index (Phi) is 8.14. The van der Waals surface area contributed by atoms with Crippen molar-refractivity contribution >= 4 is 74.0 Å². The molecule has 0 saturated carbocycles. The van der Waals surface area contributed by atoms with Gasteiger partial charge in [-0.05, 0) is 70.8 Å². The van der Waals surface area contributed by atoms with E-state index >= 15 is 0 Å². The third-order valence-electron chi connectivity index (χ3n) is 6.27. The molecule has 0 aliphatic carbocycles. The van der Waals surface area contributed by atoms with Crippen LogP contribution in [0.5, 0.6) is 5.75 Å². The Labute approximate surface area is 242 Å². The summed E-state index contributed by atoms with van der Waals surface area (Å²) in [6.07, 6.45) is 2.29. The highest BCUT2D eigenvalue weighted by molar-refractivity contribution is 9.10. The molecule has 3 amide bonds. The van der Waals surface area contributed by atoms with Crippen LogP contribution in [0.1, 0.15) is 22.3 Å². The number of hydrogen-bond donors (Lipinski definition) is 0. The average Bonchev–Trinajstić information content (AvgIpc) is 3.16. The number of nitrogens with zero attached hydrogens (tertiary/aromatic N) is 2. The number of amides is 3. The molecular formula is C28H21BrCl2N2O4S. The topological polar surface area (TPSA) is 66.9 Å². The van der Waals surface area contributed by atoms with Crippen molar-refractivity contribution in [3.8, 4) is 5.75 Å². The molecule has 194 valence electrons. The van der Waals surface area contributed by atoms with Gasteiger partial charge in [-0.2, -0.15) is 0 Å². The summed E-state index contributed by atoms with van der Waals surface area (Å²) in [4.78, 5) is 41.4. The van der Waals surface area contributed by atoms with Crippen LogP contribution in [0.4, 0.5) is 4.79 Å². The van der Waals surface area contributed by atoms with Gasteiger partial charge in [-0.3, -0.25) is 19.3 Å². The number of imide groups is 1. The van der Waals surface area contributed by atoms with Crippen LogP contribution in [-0.2, 0) is 29.2 Å². The minimum atomic E-state index is -0.520. The van der Waals surface area contributed by atoms with Crippen molar-refractivity contribution < 1.29 is 19.1 Å². The number of thioether (sulfide) groups is 1. The van der Waals surface area contributed by atoms with E-state index in [2.05, 4.69) is 22.0 Å². The van der Waals surface area contributed by atoms with Gasteiger partial charge in [0.05, 0.1) is 15.0 Å². The molecule has 6 nitrogen and oxygen atoms in total. The minimum Gasteiger partial charge on any atom is -0.486 e. The van der Waals surface area contributed by atoms with Gasteiger partial charge in [-0.25, -0.2) is 0 Å². The fraction of sp³-hybridized carbons (Fsp3) is 0.179. The van der Waals surface area contributed by atoms with Crippen LogP contribution in [-0.4, -0.2) is 39.9 Å². The number of halogens is 3. The van der Waals surface area contributed by atoms with Crippen LogP contribution in [0, 0.1) is 0 Å². The second kappa shape index (κ2) is 11.5. The van der Waals surface area contributed by atoms with Gasteiger partial charge in [-0.1, -0.05) is 75.5 Å². The van der Waals surface area contributed by atoms with Crippen LogP contribution < -0.4 is 4.74 Å². The first-order chi connectivity index (χ1) is 18.3. The lowest BCUT2D eigenvalue weighted by atomic mass is 10.00. The molecule has 10 heteroatoms. The Bertz CT molecular complexity index is 1440. The fourth-order valence-corrected chi connectivity index (χ4v) is 5.98. The zero-order chi connectivity index (χ0) is 26.8. The maximum absolute atomic E-state index is 13.0. The molecule has 0 atom stereocenters. The highest BCUT2D eigenvalue weighted by Gasteiger charge is 2.37. The van der Waals surface area contributed by atoms with E-state index in [0.717, 1.165) is 38.7 Å². The maximum Gasteiger partial charge on any atom is 0.294 e. The van der Waals surface area contributed by atoms with Crippen molar-refractivity contribution in [1.82, 2.24) is 9.80 Å². The molecule has 0 N–H and O–H groups in total. The van der Waals surface area contributed by atoms with Crippen molar-refractivity contribution in [1.29, 1.82) is 0 Å². The second-order valence-electron chi connectivity index (χ2n) is 8.83. The Morgan fingerprint density at radius 3 is 2.42 bits per heavy atom. The Morgan fingerprint density at radius 2 is 1.71 bits per heavy atom. The predicted molar refractivity (Wildman–Crippen MR) is 153 cm³/mol. The Hall–Kier alpha value is -2.78. The largest absolute Gasteiger partial charge is 0.486 e. The van der Waals surface area contributed by atoms with Gasteiger partial charge in [0.1, 0.15) is 13.2 Å². The fourth-order valence-electron chi connectivity index (χ4n) is 4.27. The van der Waals surface area contributed by atoms with Crippen molar-refractivity contribution in [3.63, 3.8) is 0 Å². The third kappa shape index (κ3) is 5.94. The van der Waals surface area contributed by atoms with E-state index in [4.69, 9.17) is 27.9 Å². The Balaban J connectivity index is 1.25. The first kappa shape index (κ1) is 26.8. The lowest BCUT2D eigenvalue weighted by molar-refractivity contribution is -0.136. The van der Waals surface area contributed by atoms with Crippen LogP contribution in [0.2, 0.25) is 10.0 Å². The molecule has 5 rings (SSSR count). The van der Waals surface area contributed by atoms with Gasteiger partial charge in [0, 0.05) is 17.6 Å². The van der Waals surface area contributed by atoms with E-state index in [-0.39, 0.29) is 34.0 Å². The molecule has 3 aromatic carbocycles. The number of carbonyl (C=O) groups excluding carboxylic acids is 3. The molecule has 0 spiro atoms. The highest BCUT2D eigenvalue weighted by atomic mass is 79.9. The summed E-state index contributed by atoms with van der Waals surface area (Å²) < 4.78 is 6.79. The van der Waals surface area contributed by atoms with E-state index in [0.29, 0.717) is 24.4 Å². The van der Waals surface area contributed by atoms with Gasteiger partial charge >= 0.3 is 0 Å². The summed E-state index contributed by atoms with van der Waals surface area (Å²) in [6, 6.07) is 18.9.